The number of aliphatic hydroxyl groups is 1. The zero-order chi connectivity index (χ0) is 15.0. The summed E-state index contributed by atoms with van der Waals surface area (Å²) in [7, 11) is -2.75. The number of fused-ring (bicyclic) bond motifs is 1. The van der Waals surface area contributed by atoms with E-state index in [0.717, 1.165) is 0 Å². The fourth-order valence-corrected chi connectivity index (χ4v) is 2.21. The molecule has 0 bridgehead atoms. The lowest BCUT2D eigenvalue weighted by atomic mass is 10.2. The lowest BCUT2D eigenvalue weighted by Gasteiger charge is -2.12. The number of ether oxygens (including phenoxy) is 1. The van der Waals surface area contributed by atoms with Crippen LogP contribution in [0.1, 0.15) is 0 Å². The van der Waals surface area contributed by atoms with Crippen molar-refractivity contribution in [2.75, 3.05) is 12.3 Å². The molecule has 10 nitrogen and oxygen atoms in total. The summed E-state index contributed by atoms with van der Waals surface area (Å²) in [5.74, 6) is 0.514. The third-order valence-corrected chi connectivity index (χ3v) is 3.28. The van der Waals surface area contributed by atoms with Gasteiger partial charge >= 0.3 is 8.25 Å². The SMILES string of the molecule is Nc1ncnc2c1ncn2C1=CC(O)C(CO[P+](=O)O)O1. The molecule has 2 aromatic rings. The maximum atomic E-state index is 10.5. The Morgan fingerprint density at radius 3 is 3.05 bits per heavy atom. The Morgan fingerprint density at radius 1 is 1.48 bits per heavy atom. The monoisotopic (exact) mass is 312 g/mol. The molecule has 11 heteroatoms. The zero-order valence-electron chi connectivity index (χ0n) is 10.5. The van der Waals surface area contributed by atoms with Crippen molar-refractivity contribution in [3.05, 3.63) is 18.7 Å². The van der Waals surface area contributed by atoms with E-state index in [0.29, 0.717) is 11.2 Å². The van der Waals surface area contributed by atoms with Crippen LogP contribution in [0.2, 0.25) is 0 Å². The van der Waals surface area contributed by atoms with Gasteiger partial charge in [0, 0.05) is 10.6 Å². The lowest BCUT2D eigenvalue weighted by Crippen LogP contribution is -2.26. The van der Waals surface area contributed by atoms with Crippen molar-refractivity contribution in [1.82, 2.24) is 19.5 Å². The highest BCUT2D eigenvalue weighted by Gasteiger charge is 2.32. The highest BCUT2D eigenvalue weighted by Crippen LogP contribution is 2.27. The number of hydrogen-bond acceptors (Lipinski definition) is 8. The standard InChI is InChI=1S/C10H10N5O5P/c11-9-8-10(13-3-12-9)15(4-14-8)7-1-5(16)6(20-7)2-19-21(17)18/h1,3-6,16H,2H2,(H2-,11,12,13,17,18)/p+1. The molecule has 3 unspecified atom stereocenters. The molecule has 1 aliphatic rings. The summed E-state index contributed by atoms with van der Waals surface area (Å²) in [5, 5.41) is 9.85. The van der Waals surface area contributed by atoms with E-state index in [-0.39, 0.29) is 18.3 Å². The van der Waals surface area contributed by atoms with Crippen LogP contribution in [0.5, 0.6) is 0 Å². The van der Waals surface area contributed by atoms with Crippen molar-refractivity contribution >= 4 is 31.1 Å². The summed E-state index contributed by atoms with van der Waals surface area (Å²) in [5.41, 5.74) is 6.53. The average Bonchev–Trinajstić information content (AvgIpc) is 3.01. The summed E-state index contributed by atoms with van der Waals surface area (Å²) in [6.45, 7) is -0.226. The first kappa shape index (κ1) is 13.8. The number of aromatic nitrogens is 4. The van der Waals surface area contributed by atoms with Crippen molar-refractivity contribution in [2.45, 2.75) is 12.2 Å². The van der Waals surface area contributed by atoms with Crippen LogP contribution in [0, 0.1) is 0 Å². The van der Waals surface area contributed by atoms with Gasteiger partial charge in [-0.3, -0.25) is 4.57 Å². The summed E-state index contributed by atoms with van der Waals surface area (Å²) in [6.07, 6.45) is 2.38. The normalized spacial score (nSPS) is 22.2. The van der Waals surface area contributed by atoms with Crippen LogP contribution in [-0.4, -0.2) is 48.3 Å². The van der Waals surface area contributed by atoms with Crippen LogP contribution in [0.3, 0.4) is 0 Å². The number of anilines is 1. The predicted octanol–water partition coefficient (Wildman–Crippen LogP) is -0.367. The molecule has 3 heterocycles. The number of nitrogens with two attached hydrogens (primary N) is 1. The van der Waals surface area contributed by atoms with Gasteiger partial charge < -0.3 is 15.6 Å². The first-order valence-electron chi connectivity index (χ1n) is 5.85. The predicted molar refractivity (Wildman–Crippen MR) is 70.7 cm³/mol. The van der Waals surface area contributed by atoms with Gasteiger partial charge in [-0.15, -0.1) is 9.42 Å². The smallest absolute Gasteiger partial charge is 0.470 e. The van der Waals surface area contributed by atoms with Gasteiger partial charge in [0.05, 0.1) is 0 Å². The lowest BCUT2D eigenvalue weighted by molar-refractivity contribution is 0.0325. The van der Waals surface area contributed by atoms with E-state index in [4.69, 9.17) is 15.4 Å². The molecule has 3 rings (SSSR count). The molecule has 4 N–H and O–H groups in total. The van der Waals surface area contributed by atoms with Crippen LogP contribution >= 0.6 is 8.25 Å². The molecule has 0 saturated heterocycles. The van der Waals surface area contributed by atoms with Crippen molar-refractivity contribution in [2.24, 2.45) is 0 Å². The van der Waals surface area contributed by atoms with Crippen LogP contribution in [0.25, 0.3) is 17.0 Å². The second kappa shape index (κ2) is 5.34. The van der Waals surface area contributed by atoms with Gasteiger partial charge in [0.15, 0.2) is 29.0 Å². The molecule has 0 saturated carbocycles. The minimum atomic E-state index is -2.75. The molecule has 0 amide bonds. The van der Waals surface area contributed by atoms with Crippen molar-refractivity contribution < 1.29 is 23.8 Å². The Morgan fingerprint density at radius 2 is 2.29 bits per heavy atom. The third-order valence-electron chi connectivity index (χ3n) is 2.91. The van der Waals surface area contributed by atoms with Crippen molar-refractivity contribution in [1.29, 1.82) is 0 Å². The van der Waals surface area contributed by atoms with Gasteiger partial charge in [0.25, 0.3) is 0 Å². The number of nitrogen functional groups attached to an aromatic ring is 1. The van der Waals surface area contributed by atoms with E-state index in [2.05, 4.69) is 19.5 Å². The number of nitrogens with zero attached hydrogens (tertiary/aromatic N) is 4. The molecule has 1 aliphatic heterocycles. The molecule has 0 aromatic carbocycles. The van der Waals surface area contributed by atoms with E-state index < -0.39 is 20.5 Å². The minimum absolute atomic E-state index is 0.226. The second-order valence-electron chi connectivity index (χ2n) is 4.23. The summed E-state index contributed by atoms with van der Waals surface area (Å²) < 4.78 is 22.0. The van der Waals surface area contributed by atoms with E-state index >= 15 is 0 Å². The third kappa shape index (κ3) is 2.57. The summed E-state index contributed by atoms with van der Waals surface area (Å²) in [6, 6.07) is 0. The Labute approximate surface area is 118 Å². The number of aliphatic hydroxyl groups excluding tert-OH is 1. The first-order valence-corrected chi connectivity index (χ1v) is 6.99. The Bertz CT molecular complexity index is 732. The van der Waals surface area contributed by atoms with Gasteiger partial charge in [0.2, 0.25) is 0 Å². The Kier molecular flexibility index (Phi) is 3.52. The summed E-state index contributed by atoms with van der Waals surface area (Å²) >= 11 is 0. The average molecular weight is 312 g/mol. The quantitative estimate of drug-likeness (QED) is 0.643. The van der Waals surface area contributed by atoms with Gasteiger partial charge in [-0.2, -0.15) is 0 Å². The van der Waals surface area contributed by atoms with Crippen molar-refractivity contribution in [3.8, 4) is 0 Å². The van der Waals surface area contributed by atoms with E-state index in [9.17, 15) is 9.67 Å². The van der Waals surface area contributed by atoms with Gasteiger partial charge in [-0.1, -0.05) is 0 Å². The molecule has 3 atom stereocenters. The number of rotatable bonds is 4. The number of hydrogen-bond donors (Lipinski definition) is 3. The van der Waals surface area contributed by atoms with Gasteiger partial charge in [0.1, 0.15) is 25.4 Å². The molecular weight excluding hydrogens is 301 g/mol. The fourth-order valence-electron chi connectivity index (χ4n) is 1.94. The van der Waals surface area contributed by atoms with Crippen LogP contribution in [0.15, 0.2) is 18.7 Å². The fraction of sp³-hybridized carbons (Fsp3) is 0.300. The topological polar surface area (TPSA) is 146 Å². The maximum absolute atomic E-state index is 10.5. The molecular formula is C10H11N5O5P+. The van der Waals surface area contributed by atoms with Crippen molar-refractivity contribution in [3.63, 3.8) is 0 Å². The van der Waals surface area contributed by atoms with Crippen LogP contribution in [-0.2, 0) is 13.8 Å². The van der Waals surface area contributed by atoms with Crippen LogP contribution < -0.4 is 5.73 Å². The van der Waals surface area contributed by atoms with Gasteiger partial charge in [-0.25, -0.2) is 15.0 Å². The molecule has 0 spiro atoms. The highest BCUT2D eigenvalue weighted by molar-refractivity contribution is 7.32. The van der Waals surface area contributed by atoms with Crippen LogP contribution in [0.4, 0.5) is 5.82 Å². The molecule has 110 valence electrons. The highest BCUT2D eigenvalue weighted by atomic mass is 31.1. The van der Waals surface area contributed by atoms with Gasteiger partial charge in [-0.05, 0) is 0 Å². The largest absolute Gasteiger partial charge is 0.694 e. The molecule has 0 radical (unpaired) electrons. The summed E-state index contributed by atoms with van der Waals surface area (Å²) in [4.78, 5) is 20.6. The van der Waals surface area contributed by atoms with E-state index in [1.807, 2.05) is 0 Å². The molecule has 0 aliphatic carbocycles. The first-order chi connectivity index (χ1) is 10.1. The van der Waals surface area contributed by atoms with E-state index in [1.54, 1.807) is 0 Å². The second-order valence-corrected chi connectivity index (χ2v) is 4.96. The minimum Gasteiger partial charge on any atom is -0.470 e. The zero-order valence-corrected chi connectivity index (χ0v) is 11.4. The molecule has 21 heavy (non-hydrogen) atoms. The molecule has 2 aromatic heterocycles. The Hall–Kier alpha value is -2.13. The maximum Gasteiger partial charge on any atom is 0.694 e. The van der Waals surface area contributed by atoms with E-state index in [1.165, 1.54) is 23.3 Å². The molecule has 0 fully saturated rings. The number of imidazole rings is 1. The Balaban J connectivity index is 1.85.